The lowest BCUT2D eigenvalue weighted by Gasteiger charge is -2.40. The topological polar surface area (TPSA) is 27.7 Å². The second kappa shape index (κ2) is 7.21. The van der Waals surface area contributed by atoms with Crippen LogP contribution in [0.15, 0.2) is 0 Å². The molecule has 0 aromatic carbocycles. The highest BCUT2D eigenvalue weighted by Crippen LogP contribution is 2.33. The molecule has 1 N–H and O–H groups in total. The van der Waals surface area contributed by atoms with Crippen molar-refractivity contribution in [1.82, 2.24) is 15.1 Å². The lowest BCUT2D eigenvalue weighted by Crippen LogP contribution is -2.47. The third-order valence-corrected chi connectivity index (χ3v) is 5.17. The molecule has 2 atom stereocenters. The van der Waals surface area contributed by atoms with E-state index < -0.39 is 0 Å². The van der Waals surface area contributed by atoms with E-state index >= 15 is 0 Å². The van der Waals surface area contributed by atoms with E-state index in [1.54, 1.807) is 0 Å². The highest BCUT2D eigenvalue weighted by atomic mass is 16.5. The van der Waals surface area contributed by atoms with Crippen molar-refractivity contribution in [3.63, 3.8) is 0 Å². The van der Waals surface area contributed by atoms with Crippen LogP contribution in [0.5, 0.6) is 0 Å². The maximum atomic E-state index is 5.60. The van der Waals surface area contributed by atoms with Crippen molar-refractivity contribution >= 4 is 0 Å². The minimum absolute atomic E-state index is 0.426. The smallest absolute Gasteiger partial charge is 0.0472 e. The Hall–Kier alpha value is -0.160. The van der Waals surface area contributed by atoms with Crippen molar-refractivity contribution in [1.29, 1.82) is 0 Å². The van der Waals surface area contributed by atoms with E-state index in [9.17, 15) is 0 Å². The molecule has 0 amide bonds. The number of likely N-dealkylation sites (tertiary alicyclic amines) is 1. The van der Waals surface area contributed by atoms with Gasteiger partial charge in [0.1, 0.15) is 0 Å². The molecule has 0 spiro atoms. The van der Waals surface area contributed by atoms with Gasteiger partial charge in [0.25, 0.3) is 0 Å². The normalized spacial score (nSPS) is 31.1. The molecular weight excluding hydrogens is 250 g/mol. The van der Waals surface area contributed by atoms with Gasteiger partial charge in [0, 0.05) is 45.4 Å². The molecule has 0 aromatic heterocycles. The summed E-state index contributed by atoms with van der Waals surface area (Å²) in [6, 6.07) is 0.714. The van der Waals surface area contributed by atoms with Crippen LogP contribution in [0.3, 0.4) is 0 Å². The van der Waals surface area contributed by atoms with Gasteiger partial charge in [-0.1, -0.05) is 13.8 Å². The molecule has 0 bridgehead atoms. The Bertz CT molecular complexity index is 289. The molecule has 0 radical (unpaired) electrons. The van der Waals surface area contributed by atoms with E-state index in [2.05, 4.69) is 43.1 Å². The first-order valence-electron chi connectivity index (χ1n) is 8.23. The zero-order valence-electron chi connectivity index (χ0n) is 13.8. The Morgan fingerprint density at radius 3 is 2.50 bits per heavy atom. The van der Waals surface area contributed by atoms with Crippen molar-refractivity contribution in [3.8, 4) is 0 Å². The molecule has 0 aromatic rings. The molecule has 118 valence electrons. The number of hydrogen-bond acceptors (Lipinski definition) is 4. The fourth-order valence-electron chi connectivity index (χ4n) is 3.91. The zero-order chi connectivity index (χ0) is 14.6. The summed E-state index contributed by atoms with van der Waals surface area (Å²) in [7, 11) is 4.43. The number of nitrogens with one attached hydrogen (secondary N) is 1. The van der Waals surface area contributed by atoms with Gasteiger partial charge in [-0.05, 0) is 44.8 Å². The summed E-state index contributed by atoms with van der Waals surface area (Å²) in [4.78, 5) is 5.09. The summed E-state index contributed by atoms with van der Waals surface area (Å²) < 4.78 is 5.60. The largest absolute Gasteiger partial charge is 0.381 e. The van der Waals surface area contributed by atoms with E-state index in [1.165, 1.54) is 32.5 Å². The van der Waals surface area contributed by atoms with Crippen LogP contribution < -0.4 is 5.32 Å². The number of likely N-dealkylation sites (N-methyl/N-ethyl adjacent to an activating group) is 1. The van der Waals surface area contributed by atoms with Gasteiger partial charge in [-0.2, -0.15) is 0 Å². The second-order valence-corrected chi connectivity index (χ2v) is 7.10. The third-order valence-electron chi connectivity index (χ3n) is 5.17. The van der Waals surface area contributed by atoms with Gasteiger partial charge < -0.3 is 19.9 Å². The highest BCUT2D eigenvalue weighted by Gasteiger charge is 2.38. The van der Waals surface area contributed by atoms with Crippen molar-refractivity contribution in [2.45, 2.75) is 32.7 Å². The lowest BCUT2D eigenvalue weighted by molar-refractivity contribution is -0.00162. The SMILES string of the molecule is CCNCC1(CN2CC(C)C(N(C)C)C2)CCOCC1. The maximum absolute atomic E-state index is 5.60. The van der Waals surface area contributed by atoms with Crippen LogP contribution in [-0.4, -0.2) is 75.9 Å². The molecule has 2 aliphatic rings. The van der Waals surface area contributed by atoms with Crippen LogP contribution in [0.25, 0.3) is 0 Å². The summed E-state index contributed by atoms with van der Waals surface area (Å²) >= 11 is 0. The van der Waals surface area contributed by atoms with E-state index in [1.807, 2.05) is 0 Å². The summed E-state index contributed by atoms with van der Waals surface area (Å²) in [5, 5.41) is 3.59. The number of hydrogen-bond donors (Lipinski definition) is 1. The van der Waals surface area contributed by atoms with Gasteiger partial charge in [-0.3, -0.25) is 0 Å². The molecule has 2 aliphatic heterocycles. The van der Waals surface area contributed by atoms with Gasteiger partial charge in [-0.25, -0.2) is 0 Å². The molecule has 2 fully saturated rings. The Morgan fingerprint density at radius 2 is 1.95 bits per heavy atom. The molecule has 2 rings (SSSR count). The zero-order valence-corrected chi connectivity index (χ0v) is 13.8. The first-order valence-corrected chi connectivity index (χ1v) is 8.23. The van der Waals surface area contributed by atoms with Crippen molar-refractivity contribution in [3.05, 3.63) is 0 Å². The fraction of sp³-hybridized carbons (Fsp3) is 1.00. The second-order valence-electron chi connectivity index (χ2n) is 7.10. The molecule has 2 unspecified atom stereocenters. The maximum Gasteiger partial charge on any atom is 0.0472 e. The lowest BCUT2D eigenvalue weighted by atomic mass is 9.79. The quantitative estimate of drug-likeness (QED) is 0.795. The first-order chi connectivity index (χ1) is 9.56. The molecule has 20 heavy (non-hydrogen) atoms. The fourth-order valence-corrected chi connectivity index (χ4v) is 3.91. The van der Waals surface area contributed by atoms with Crippen LogP contribution in [0, 0.1) is 11.3 Å². The summed E-state index contributed by atoms with van der Waals surface area (Å²) in [6.07, 6.45) is 2.41. The monoisotopic (exact) mass is 283 g/mol. The van der Waals surface area contributed by atoms with Crippen molar-refractivity contribution < 1.29 is 4.74 Å². The first kappa shape index (κ1) is 16.2. The Labute approximate surface area is 124 Å². The molecule has 0 aliphatic carbocycles. The van der Waals surface area contributed by atoms with Gasteiger partial charge in [-0.15, -0.1) is 0 Å². The number of rotatable bonds is 6. The molecule has 2 saturated heterocycles. The van der Waals surface area contributed by atoms with Crippen molar-refractivity contribution in [2.75, 3.05) is 60.0 Å². The van der Waals surface area contributed by atoms with E-state index in [0.29, 0.717) is 11.5 Å². The van der Waals surface area contributed by atoms with Gasteiger partial charge in [0.05, 0.1) is 0 Å². The Balaban J connectivity index is 1.94. The van der Waals surface area contributed by atoms with Gasteiger partial charge in [0.15, 0.2) is 0 Å². The predicted octanol–water partition coefficient (Wildman–Crippen LogP) is 1.27. The molecule has 4 nitrogen and oxygen atoms in total. The number of ether oxygens (including phenoxy) is 1. The third kappa shape index (κ3) is 3.94. The van der Waals surface area contributed by atoms with Crippen LogP contribution in [0.1, 0.15) is 26.7 Å². The van der Waals surface area contributed by atoms with E-state index in [0.717, 1.165) is 32.2 Å². The summed E-state index contributed by atoms with van der Waals surface area (Å²) in [5.74, 6) is 0.779. The van der Waals surface area contributed by atoms with Crippen LogP contribution in [-0.2, 0) is 4.74 Å². The average Bonchev–Trinajstić information content (AvgIpc) is 2.78. The highest BCUT2D eigenvalue weighted by molar-refractivity contribution is 4.93. The molecular formula is C16H33N3O. The van der Waals surface area contributed by atoms with E-state index in [4.69, 9.17) is 4.74 Å². The molecule has 2 heterocycles. The summed E-state index contributed by atoms with van der Waals surface area (Å²) in [6.45, 7) is 12.4. The van der Waals surface area contributed by atoms with Crippen LogP contribution in [0.4, 0.5) is 0 Å². The minimum atomic E-state index is 0.426. The predicted molar refractivity (Wildman–Crippen MR) is 84.1 cm³/mol. The van der Waals surface area contributed by atoms with Crippen LogP contribution >= 0.6 is 0 Å². The van der Waals surface area contributed by atoms with Crippen molar-refractivity contribution in [2.24, 2.45) is 11.3 Å². The molecule has 0 saturated carbocycles. The van der Waals surface area contributed by atoms with Gasteiger partial charge >= 0.3 is 0 Å². The number of nitrogens with zero attached hydrogens (tertiary/aromatic N) is 2. The average molecular weight is 283 g/mol. The molecule has 4 heteroatoms. The van der Waals surface area contributed by atoms with Gasteiger partial charge in [0.2, 0.25) is 0 Å². The Morgan fingerprint density at radius 1 is 1.25 bits per heavy atom. The minimum Gasteiger partial charge on any atom is -0.381 e. The Kier molecular flexibility index (Phi) is 5.84. The summed E-state index contributed by atoms with van der Waals surface area (Å²) in [5.41, 5.74) is 0.426. The van der Waals surface area contributed by atoms with Crippen LogP contribution in [0.2, 0.25) is 0 Å². The standard InChI is InChI=1S/C16H33N3O/c1-5-17-12-16(6-8-20-9-7-16)13-19-10-14(2)15(11-19)18(3)4/h14-15,17H,5-13H2,1-4H3. The van der Waals surface area contributed by atoms with E-state index in [-0.39, 0.29) is 0 Å².